The molecule has 2 rings (SSSR count). The Kier molecular flexibility index (Phi) is 3.70. The minimum atomic E-state index is 0.161. The summed E-state index contributed by atoms with van der Waals surface area (Å²) < 4.78 is 0. The highest BCUT2D eigenvalue weighted by molar-refractivity contribution is 7.99. The zero-order chi connectivity index (χ0) is 9.80. The summed E-state index contributed by atoms with van der Waals surface area (Å²) in [6.45, 7) is 1.38. The molecule has 14 heavy (non-hydrogen) atoms. The number of amides is 1. The van der Waals surface area contributed by atoms with E-state index in [2.05, 4.69) is 10.6 Å². The highest BCUT2D eigenvalue weighted by Crippen LogP contribution is 2.22. The van der Waals surface area contributed by atoms with Crippen LogP contribution in [0.3, 0.4) is 0 Å². The molecule has 2 aliphatic rings. The topological polar surface area (TPSA) is 41.1 Å². The van der Waals surface area contributed by atoms with Crippen LogP contribution in [0.1, 0.15) is 19.3 Å². The molecule has 3 nitrogen and oxygen atoms in total. The molecule has 0 aromatic heterocycles. The highest BCUT2D eigenvalue weighted by atomic mass is 32.2. The minimum Gasteiger partial charge on any atom is -0.355 e. The Morgan fingerprint density at radius 3 is 2.86 bits per heavy atom. The Bertz CT molecular complexity index is 200. The summed E-state index contributed by atoms with van der Waals surface area (Å²) in [5.41, 5.74) is 0. The van der Waals surface area contributed by atoms with Crippen LogP contribution in [-0.4, -0.2) is 36.5 Å². The molecular formula is C10H18N2OS. The first-order valence-electron chi connectivity index (χ1n) is 5.42. The van der Waals surface area contributed by atoms with Crippen LogP contribution in [0, 0.1) is 5.92 Å². The van der Waals surface area contributed by atoms with Gasteiger partial charge < -0.3 is 10.6 Å². The van der Waals surface area contributed by atoms with Crippen molar-refractivity contribution in [1.29, 1.82) is 0 Å². The second-order valence-electron chi connectivity index (χ2n) is 4.19. The lowest BCUT2D eigenvalue weighted by Crippen LogP contribution is -2.37. The Balaban J connectivity index is 1.52. The van der Waals surface area contributed by atoms with Crippen LogP contribution in [0.15, 0.2) is 0 Å². The van der Waals surface area contributed by atoms with Crippen molar-refractivity contribution in [1.82, 2.24) is 10.6 Å². The molecule has 1 saturated heterocycles. The summed E-state index contributed by atoms with van der Waals surface area (Å²) in [6.07, 6.45) is 3.75. The van der Waals surface area contributed by atoms with Gasteiger partial charge in [-0.3, -0.25) is 4.79 Å². The number of hydrogen-bond donors (Lipinski definition) is 2. The fourth-order valence-corrected chi connectivity index (χ4v) is 2.87. The van der Waals surface area contributed by atoms with Crippen LogP contribution in [0.5, 0.6) is 0 Å². The normalized spacial score (nSPS) is 26.4. The van der Waals surface area contributed by atoms with Gasteiger partial charge in [0.25, 0.3) is 0 Å². The molecule has 1 atom stereocenters. The van der Waals surface area contributed by atoms with E-state index in [1.54, 1.807) is 0 Å². The van der Waals surface area contributed by atoms with E-state index in [4.69, 9.17) is 0 Å². The molecule has 1 heterocycles. The maximum Gasteiger partial charge on any atom is 0.233 e. The fraction of sp³-hybridized carbons (Fsp3) is 0.900. The monoisotopic (exact) mass is 214 g/mol. The van der Waals surface area contributed by atoms with Gasteiger partial charge in [-0.2, -0.15) is 11.8 Å². The van der Waals surface area contributed by atoms with Crippen LogP contribution in [0.4, 0.5) is 0 Å². The maximum atomic E-state index is 11.4. The molecule has 0 bridgehead atoms. The predicted octanol–water partition coefficient (Wildman–Crippen LogP) is 0.608. The fourth-order valence-electron chi connectivity index (χ4n) is 1.59. The first-order chi connectivity index (χ1) is 6.84. The molecule has 1 saturated carbocycles. The van der Waals surface area contributed by atoms with E-state index in [1.165, 1.54) is 30.8 Å². The van der Waals surface area contributed by atoms with E-state index >= 15 is 0 Å². The Morgan fingerprint density at radius 2 is 2.21 bits per heavy atom. The van der Waals surface area contributed by atoms with Crippen LogP contribution < -0.4 is 10.6 Å². The third-order valence-corrected chi connectivity index (χ3v) is 3.97. The van der Waals surface area contributed by atoms with Gasteiger partial charge in [0.05, 0.1) is 6.54 Å². The van der Waals surface area contributed by atoms with Crippen LogP contribution in [0.25, 0.3) is 0 Å². The summed E-state index contributed by atoms with van der Waals surface area (Å²) in [5.74, 6) is 3.36. The van der Waals surface area contributed by atoms with Gasteiger partial charge in [-0.15, -0.1) is 0 Å². The van der Waals surface area contributed by atoms with Crippen molar-refractivity contribution in [3.63, 3.8) is 0 Å². The summed E-state index contributed by atoms with van der Waals surface area (Å²) in [5, 5.41) is 6.21. The van der Waals surface area contributed by atoms with Crippen molar-refractivity contribution >= 4 is 17.7 Å². The van der Waals surface area contributed by atoms with Crippen molar-refractivity contribution in [2.75, 3.05) is 24.6 Å². The molecule has 2 fully saturated rings. The van der Waals surface area contributed by atoms with Crippen LogP contribution >= 0.6 is 11.8 Å². The van der Waals surface area contributed by atoms with Crippen LogP contribution in [0.2, 0.25) is 0 Å². The van der Waals surface area contributed by atoms with Gasteiger partial charge >= 0.3 is 0 Å². The van der Waals surface area contributed by atoms with Crippen molar-refractivity contribution in [3.05, 3.63) is 0 Å². The lowest BCUT2D eigenvalue weighted by molar-refractivity contribution is -0.120. The second kappa shape index (κ2) is 5.03. The van der Waals surface area contributed by atoms with E-state index in [9.17, 15) is 4.79 Å². The van der Waals surface area contributed by atoms with Gasteiger partial charge in [-0.05, 0) is 36.7 Å². The Morgan fingerprint density at radius 1 is 1.36 bits per heavy atom. The van der Waals surface area contributed by atoms with E-state index in [0.29, 0.717) is 18.5 Å². The molecule has 0 radical (unpaired) electrons. The second-order valence-corrected chi connectivity index (χ2v) is 5.34. The number of thioether (sulfide) groups is 1. The molecule has 1 unspecified atom stereocenters. The summed E-state index contributed by atoms with van der Waals surface area (Å²) in [4.78, 5) is 11.4. The molecule has 1 aliphatic heterocycles. The lowest BCUT2D eigenvalue weighted by Gasteiger charge is -2.10. The molecule has 0 aromatic rings. The van der Waals surface area contributed by atoms with Crippen molar-refractivity contribution in [3.8, 4) is 0 Å². The number of rotatable bonds is 5. The minimum absolute atomic E-state index is 0.161. The number of hydrogen-bond acceptors (Lipinski definition) is 3. The number of carbonyl (C=O) groups excluding carboxylic acids is 1. The maximum absolute atomic E-state index is 11.4. The predicted molar refractivity (Wildman–Crippen MR) is 59.5 cm³/mol. The largest absolute Gasteiger partial charge is 0.355 e. The SMILES string of the molecule is O=C(CNC1CC1)NCC1CCSC1. The summed E-state index contributed by atoms with van der Waals surface area (Å²) >= 11 is 2.00. The number of carbonyl (C=O) groups is 1. The zero-order valence-electron chi connectivity index (χ0n) is 8.42. The van der Waals surface area contributed by atoms with E-state index < -0.39 is 0 Å². The van der Waals surface area contributed by atoms with Crippen molar-refractivity contribution < 1.29 is 4.79 Å². The lowest BCUT2D eigenvalue weighted by atomic mass is 10.1. The molecule has 2 N–H and O–H groups in total. The third-order valence-electron chi connectivity index (χ3n) is 2.74. The summed E-state index contributed by atoms with van der Waals surface area (Å²) in [6, 6.07) is 0.628. The van der Waals surface area contributed by atoms with Crippen LogP contribution in [-0.2, 0) is 4.79 Å². The van der Waals surface area contributed by atoms with Gasteiger partial charge in [-0.1, -0.05) is 0 Å². The van der Waals surface area contributed by atoms with Crippen molar-refractivity contribution in [2.24, 2.45) is 5.92 Å². The van der Waals surface area contributed by atoms with E-state index in [1.807, 2.05) is 11.8 Å². The first kappa shape index (κ1) is 10.3. The molecule has 0 aromatic carbocycles. The number of nitrogens with one attached hydrogen (secondary N) is 2. The average molecular weight is 214 g/mol. The molecule has 1 aliphatic carbocycles. The summed E-state index contributed by atoms with van der Waals surface area (Å²) in [7, 11) is 0. The third kappa shape index (κ3) is 3.50. The first-order valence-corrected chi connectivity index (χ1v) is 6.58. The van der Waals surface area contributed by atoms with E-state index in [-0.39, 0.29) is 5.91 Å². The van der Waals surface area contributed by atoms with Gasteiger partial charge in [0.1, 0.15) is 0 Å². The zero-order valence-corrected chi connectivity index (χ0v) is 9.24. The quantitative estimate of drug-likeness (QED) is 0.704. The molecular weight excluding hydrogens is 196 g/mol. The van der Waals surface area contributed by atoms with Gasteiger partial charge in [0.15, 0.2) is 0 Å². The smallest absolute Gasteiger partial charge is 0.233 e. The van der Waals surface area contributed by atoms with Crippen molar-refractivity contribution in [2.45, 2.75) is 25.3 Å². The van der Waals surface area contributed by atoms with Gasteiger partial charge in [-0.25, -0.2) is 0 Å². The molecule has 0 spiro atoms. The molecule has 1 amide bonds. The Hall–Kier alpha value is -0.220. The van der Waals surface area contributed by atoms with Gasteiger partial charge in [0, 0.05) is 12.6 Å². The van der Waals surface area contributed by atoms with E-state index in [0.717, 1.165) is 6.54 Å². The molecule has 4 heteroatoms. The Labute approximate surface area is 89.4 Å². The molecule has 80 valence electrons. The van der Waals surface area contributed by atoms with Gasteiger partial charge in [0.2, 0.25) is 5.91 Å². The standard InChI is InChI=1S/C10H18N2OS/c13-10(6-11-9-1-2-9)12-5-8-3-4-14-7-8/h8-9,11H,1-7H2,(H,12,13). The average Bonchev–Trinajstić information content (AvgIpc) is 2.87. The highest BCUT2D eigenvalue weighted by Gasteiger charge is 2.21.